The van der Waals surface area contributed by atoms with Gasteiger partial charge in [-0.25, -0.2) is 0 Å². The number of nitrogens with one attached hydrogen (secondary N) is 1. The smallest absolute Gasteiger partial charge is 0.235 e. The number of ketones is 1. The summed E-state index contributed by atoms with van der Waals surface area (Å²) in [6, 6.07) is 11.8. The van der Waals surface area contributed by atoms with E-state index in [9.17, 15) is 9.59 Å². The number of hydrogen-bond acceptors (Lipinski definition) is 3. The summed E-state index contributed by atoms with van der Waals surface area (Å²) in [6.07, 6.45) is 1.10. The van der Waals surface area contributed by atoms with Gasteiger partial charge in [-0.1, -0.05) is 35.9 Å². The summed E-state index contributed by atoms with van der Waals surface area (Å²) in [4.78, 5) is 26.0. The predicted molar refractivity (Wildman–Crippen MR) is 105 cm³/mol. The van der Waals surface area contributed by atoms with Crippen LogP contribution in [0.2, 0.25) is 5.02 Å². The molecule has 0 saturated carbocycles. The molecule has 2 aliphatic heterocycles. The van der Waals surface area contributed by atoms with Crippen molar-refractivity contribution in [3.63, 3.8) is 0 Å². The topological polar surface area (TPSA) is 55.4 Å². The molecule has 2 saturated heterocycles. The van der Waals surface area contributed by atoms with Crippen molar-refractivity contribution >= 4 is 23.3 Å². The molecule has 0 bridgehead atoms. The van der Waals surface area contributed by atoms with Crippen molar-refractivity contribution < 1.29 is 14.3 Å². The average Bonchev–Trinajstić information content (AvgIpc) is 2.86. The number of aryl methyl sites for hydroxylation is 2. The summed E-state index contributed by atoms with van der Waals surface area (Å²) in [5.74, 6) is -0.934. The molecule has 0 aromatic heterocycles. The molecule has 1 amide bonds. The van der Waals surface area contributed by atoms with Crippen LogP contribution in [-0.2, 0) is 14.3 Å². The number of ether oxygens (including phenoxy) is 1. The maximum Gasteiger partial charge on any atom is 0.235 e. The van der Waals surface area contributed by atoms with Gasteiger partial charge in [0.15, 0.2) is 5.78 Å². The Morgan fingerprint density at radius 3 is 2.19 bits per heavy atom. The van der Waals surface area contributed by atoms with Crippen LogP contribution in [0.25, 0.3) is 11.1 Å². The molecule has 2 aromatic carbocycles. The molecule has 1 N–H and O–H groups in total. The second-order valence-corrected chi connectivity index (χ2v) is 7.95. The first kappa shape index (κ1) is 18.2. The molecule has 0 aliphatic carbocycles. The van der Waals surface area contributed by atoms with Crippen molar-refractivity contribution in [2.45, 2.75) is 38.1 Å². The largest absolute Gasteiger partial charge is 0.381 e. The Kier molecular flexibility index (Phi) is 4.57. The van der Waals surface area contributed by atoms with Crippen molar-refractivity contribution in [3.05, 3.63) is 58.1 Å². The Morgan fingerprint density at radius 2 is 1.59 bits per heavy atom. The van der Waals surface area contributed by atoms with Crippen LogP contribution < -0.4 is 5.32 Å². The molecule has 2 heterocycles. The molecule has 2 aromatic rings. The minimum atomic E-state index is -0.756. The average molecular weight is 384 g/mol. The lowest BCUT2D eigenvalue weighted by Gasteiger charge is -2.31. The lowest BCUT2D eigenvalue weighted by molar-refractivity contribution is -0.127. The number of rotatable bonds is 2. The molecule has 27 heavy (non-hydrogen) atoms. The fourth-order valence-electron chi connectivity index (χ4n) is 4.36. The summed E-state index contributed by atoms with van der Waals surface area (Å²) < 4.78 is 5.39. The minimum absolute atomic E-state index is 0.0127. The predicted octanol–water partition coefficient (Wildman–Crippen LogP) is 3.96. The van der Waals surface area contributed by atoms with E-state index in [2.05, 4.69) is 5.32 Å². The van der Waals surface area contributed by atoms with Crippen LogP contribution in [0.4, 0.5) is 0 Å². The van der Waals surface area contributed by atoms with E-state index in [1.165, 1.54) is 0 Å². The van der Waals surface area contributed by atoms with Crippen molar-refractivity contribution in [1.29, 1.82) is 0 Å². The molecule has 1 spiro atoms. The SMILES string of the molecule is Cc1cc(-c2ccc(Cl)cc2)cc(C)c1C1C(=O)NC2(CCOCC2)C1=O. The summed E-state index contributed by atoms with van der Waals surface area (Å²) in [5.41, 5.74) is 4.10. The fraction of sp³-hybridized carbons (Fsp3) is 0.364. The molecule has 2 fully saturated rings. The first-order chi connectivity index (χ1) is 12.9. The third-order valence-corrected chi connectivity index (χ3v) is 6.02. The van der Waals surface area contributed by atoms with E-state index in [0.717, 1.165) is 27.8 Å². The Morgan fingerprint density at radius 1 is 1.00 bits per heavy atom. The van der Waals surface area contributed by atoms with Crippen LogP contribution in [0.1, 0.15) is 35.4 Å². The maximum atomic E-state index is 13.2. The van der Waals surface area contributed by atoms with E-state index in [1.807, 2.05) is 50.2 Å². The molecule has 4 nitrogen and oxygen atoms in total. The first-order valence-corrected chi connectivity index (χ1v) is 9.60. The number of Topliss-reactive ketones (excluding diaryl/α,β-unsaturated/α-hetero) is 1. The minimum Gasteiger partial charge on any atom is -0.381 e. The van der Waals surface area contributed by atoms with Gasteiger partial charge in [-0.05, 0) is 53.8 Å². The maximum absolute atomic E-state index is 13.2. The summed E-state index contributed by atoms with van der Waals surface area (Å²) in [5, 5.41) is 3.68. The molecular weight excluding hydrogens is 362 g/mol. The van der Waals surface area contributed by atoms with E-state index in [4.69, 9.17) is 16.3 Å². The second-order valence-electron chi connectivity index (χ2n) is 7.51. The van der Waals surface area contributed by atoms with Crippen LogP contribution in [0, 0.1) is 13.8 Å². The normalized spacial score (nSPS) is 21.5. The van der Waals surface area contributed by atoms with E-state index in [-0.39, 0.29) is 11.7 Å². The third kappa shape index (κ3) is 3.07. The molecule has 2 aliphatic rings. The summed E-state index contributed by atoms with van der Waals surface area (Å²) >= 11 is 5.99. The number of hydrogen-bond donors (Lipinski definition) is 1. The third-order valence-electron chi connectivity index (χ3n) is 5.76. The number of carbonyl (C=O) groups excluding carboxylic acids is 2. The van der Waals surface area contributed by atoms with E-state index in [1.54, 1.807) is 0 Å². The van der Waals surface area contributed by atoms with Gasteiger partial charge in [-0.2, -0.15) is 0 Å². The molecule has 4 rings (SSSR count). The summed E-state index contributed by atoms with van der Waals surface area (Å²) in [7, 11) is 0. The Labute approximate surface area is 163 Å². The van der Waals surface area contributed by atoms with Crippen molar-refractivity contribution in [2.75, 3.05) is 13.2 Å². The van der Waals surface area contributed by atoms with Gasteiger partial charge in [0.1, 0.15) is 11.5 Å². The van der Waals surface area contributed by atoms with Crippen molar-refractivity contribution in [1.82, 2.24) is 5.32 Å². The second kappa shape index (κ2) is 6.77. The van der Waals surface area contributed by atoms with E-state index >= 15 is 0 Å². The van der Waals surface area contributed by atoms with Gasteiger partial charge >= 0.3 is 0 Å². The zero-order valence-corrected chi connectivity index (χ0v) is 16.2. The van der Waals surface area contributed by atoms with Gasteiger partial charge in [0, 0.05) is 31.1 Å². The van der Waals surface area contributed by atoms with Gasteiger partial charge in [0.25, 0.3) is 0 Å². The monoisotopic (exact) mass is 383 g/mol. The van der Waals surface area contributed by atoms with Gasteiger partial charge in [0.2, 0.25) is 5.91 Å². The Balaban J connectivity index is 1.73. The van der Waals surface area contributed by atoms with Crippen molar-refractivity contribution in [2.24, 2.45) is 0 Å². The van der Waals surface area contributed by atoms with E-state index < -0.39 is 11.5 Å². The lowest BCUT2D eigenvalue weighted by atomic mass is 9.79. The zero-order valence-electron chi connectivity index (χ0n) is 15.5. The van der Waals surface area contributed by atoms with Gasteiger partial charge in [0.05, 0.1) is 0 Å². The number of halogens is 1. The zero-order chi connectivity index (χ0) is 19.2. The van der Waals surface area contributed by atoms with E-state index in [0.29, 0.717) is 31.1 Å². The van der Waals surface area contributed by atoms with Gasteiger partial charge < -0.3 is 10.1 Å². The lowest BCUT2D eigenvalue weighted by Crippen LogP contribution is -2.50. The van der Waals surface area contributed by atoms with Crippen LogP contribution in [-0.4, -0.2) is 30.4 Å². The molecular formula is C22H22ClNO3. The number of carbonyl (C=O) groups is 2. The number of benzene rings is 2. The molecule has 0 radical (unpaired) electrons. The van der Waals surface area contributed by atoms with Crippen LogP contribution in [0.5, 0.6) is 0 Å². The van der Waals surface area contributed by atoms with Gasteiger partial charge in [-0.3, -0.25) is 9.59 Å². The highest BCUT2D eigenvalue weighted by Crippen LogP contribution is 2.39. The summed E-state index contributed by atoms with van der Waals surface area (Å²) in [6.45, 7) is 4.95. The van der Waals surface area contributed by atoms with Crippen LogP contribution >= 0.6 is 11.6 Å². The van der Waals surface area contributed by atoms with Crippen LogP contribution in [0.3, 0.4) is 0 Å². The Hall–Kier alpha value is -2.17. The first-order valence-electron chi connectivity index (χ1n) is 9.22. The molecule has 1 atom stereocenters. The fourth-order valence-corrected chi connectivity index (χ4v) is 4.48. The molecule has 140 valence electrons. The molecule has 5 heteroatoms. The van der Waals surface area contributed by atoms with Crippen LogP contribution in [0.15, 0.2) is 36.4 Å². The number of amides is 1. The highest BCUT2D eigenvalue weighted by Gasteiger charge is 2.53. The highest BCUT2D eigenvalue weighted by molar-refractivity contribution is 6.30. The Bertz CT molecular complexity index is 891. The quantitative estimate of drug-likeness (QED) is 0.799. The standard InChI is InChI=1S/C22H22ClNO3/c1-13-11-16(15-3-5-17(23)6-4-15)12-14(2)18(13)19-20(25)22(24-21(19)26)7-9-27-10-8-22/h3-6,11-12,19H,7-10H2,1-2H3,(H,24,26). The highest BCUT2D eigenvalue weighted by atomic mass is 35.5. The molecule has 1 unspecified atom stereocenters. The van der Waals surface area contributed by atoms with Gasteiger partial charge in [-0.15, -0.1) is 0 Å². The van der Waals surface area contributed by atoms with Crippen molar-refractivity contribution in [3.8, 4) is 11.1 Å².